The lowest BCUT2D eigenvalue weighted by atomic mass is 10.00. The summed E-state index contributed by atoms with van der Waals surface area (Å²) in [7, 11) is 0. The Bertz CT molecular complexity index is 1250. The van der Waals surface area contributed by atoms with Crippen molar-refractivity contribution in [2.75, 3.05) is 0 Å². The van der Waals surface area contributed by atoms with Crippen LogP contribution >= 0.6 is 0 Å². The summed E-state index contributed by atoms with van der Waals surface area (Å²) < 4.78 is 0. The van der Waals surface area contributed by atoms with E-state index in [0.29, 0.717) is 0 Å². The number of aryl methyl sites for hydroxylation is 1. The summed E-state index contributed by atoms with van der Waals surface area (Å²) in [5, 5.41) is 2.24. The van der Waals surface area contributed by atoms with E-state index in [0.717, 1.165) is 44.2 Å². The van der Waals surface area contributed by atoms with Crippen molar-refractivity contribution in [2.45, 2.75) is 6.92 Å². The van der Waals surface area contributed by atoms with Crippen molar-refractivity contribution < 1.29 is 0 Å². The highest BCUT2D eigenvalue weighted by Gasteiger charge is 2.11. The minimum absolute atomic E-state index is 0.886. The maximum Gasteiger partial charge on any atom is 0.137 e. The van der Waals surface area contributed by atoms with Gasteiger partial charge >= 0.3 is 0 Å². The van der Waals surface area contributed by atoms with E-state index in [-0.39, 0.29) is 0 Å². The summed E-state index contributed by atoms with van der Waals surface area (Å²) in [6.45, 7) is 2.09. The summed E-state index contributed by atoms with van der Waals surface area (Å²) in [4.78, 5) is 16.6. The molecule has 4 nitrogen and oxygen atoms in total. The van der Waals surface area contributed by atoms with Crippen LogP contribution in [0.15, 0.2) is 73.4 Å². The van der Waals surface area contributed by atoms with Crippen LogP contribution < -0.4 is 0 Å². The Labute approximate surface area is 150 Å². The Morgan fingerprint density at radius 3 is 2.73 bits per heavy atom. The summed E-state index contributed by atoms with van der Waals surface area (Å²) >= 11 is 0. The molecule has 1 aromatic carbocycles. The highest BCUT2D eigenvalue weighted by Crippen LogP contribution is 2.32. The number of hydrogen-bond donors (Lipinski definition) is 1. The van der Waals surface area contributed by atoms with Crippen LogP contribution in [0.1, 0.15) is 5.56 Å². The topological polar surface area (TPSA) is 54.5 Å². The molecule has 0 atom stereocenters. The fourth-order valence-electron chi connectivity index (χ4n) is 3.40. The molecule has 1 N–H and O–H groups in total. The molecule has 0 radical (unpaired) electrons. The van der Waals surface area contributed by atoms with Gasteiger partial charge in [-0.2, -0.15) is 0 Å². The third-order valence-electron chi connectivity index (χ3n) is 4.80. The van der Waals surface area contributed by atoms with Crippen molar-refractivity contribution in [3.63, 3.8) is 0 Å². The normalized spacial score (nSPS) is 11.3. The Hall–Kier alpha value is -3.53. The van der Waals surface area contributed by atoms with Gasteiger partial charge in [0.2, 0.25) is 0 Å². The monoisotopic (exact) mass is 336 g/mol. The second kappa shape index (κ2) is 5.77. The fraction of sp³-hybridized carbons (Fsp3) is 0.0455. The summed E-state index contributed by atoms with van der Waals surface area (Å²) in [6.07, 6.45) is 9.45. The van der Waals surface area contributed by atoms with E-state index in [2.05, 4.69) is 57.2 Å². The summed E-state index contributed by atoms with van der Waals surface area (Å²) in [5.41, 5.74) is 7.55. The van der Waals surface area contributed by atoms with Crippen LogP contribution in [0.3, 0.4) is 0 Å². The van der Waals surface area contributed by atoms with Crippen LogP contribution in [0, 0.1) is 6.92 Å². The first-order valence-electron chi connectivity index (χ1n) is 8.53. The van der Waals surface area contributed by atoms with Crippen molar-refractivity contribution in [2.24, 2.45) is 0 Å². The number of pyridine rings is 3. The quantitative estimate of drug-likeness (QED) is 0.485. The molecule has 0 unspecified atom stereocenters. The molecule has 0 aliphatic carbocycles. The molecule has 4 aromatic heterocycles. The van der Waals surface area contributed by atoms with Gasteiger partial charge < -0.3 is 4.98 Å². The third-order valence-corrected chi connectivity index (χ3v) is 4.80. The number of aromatic nitrogens is 4. The highest BCUT2D eigenvalue weighted by molar-refractivity contribution is 5.98. The molecule has 4 heterocycles. The van der Waals surface area contributed by atoms with Crippen LogP contribution in [-0.2, 0) is 0 Å². The van der Waals surface area contributed by atoms with E-state index in [1.807, 2.05) is 43.1 Å². The molecule has 0 aliphatic rings. The lowest BCUT2D eigenvalue weighted by Gasteiger charge is -2.06. The second-order valence-electron chi connectivity index (χ2n) is 6.42. The van der Waals surface area contributed by atoms with Crippen LogP contribution in [0.4, 0.5) is 0 Å². The first kappa shape index (κ1) is 14.8. The van der Waals surface area contributed by atoms with E-state index in [1.165, 1.54) is 5.56 Å². The zero-order valence-electron chi connectivity index (χ0n) is 14.3. The molecule has 0 spiro atoms. The first-order chi connectivity index (χ1) is 12.8. The minimum atomic E-state index is 0.886. The molecule has 5 aromatic rings. The largest absolute Gasteiger partial charge is 0.346 e. The average Bonchev–Trinajstić information content (AvgIpc) is 3.11. The molecule has 0 saturated carbocycles. The van der Waals surface area contributed by atoms with Crippen molar-refractivity contribution in [1.29, 1.82) is 0 Å². The van der Waals surface area contributed by atoms with E-state index in [9.17, 15) is 0 Å². The van der Waals surface area contributed by atoms with Gasteiger partial charge in [-0.15, -0.1) is 0 Å². The third kappa shape index (κ3) is 2.35. The van der Waals surface area contributed by atoms with Crippen molar-refractivity contribution in [1.82, 2.24) is 19.9 Å². The number of nitrogens with one attached hydrogen (secondary N) is 1. The van der Waals surface area contributed by atoms with Gasteiger partial charge in [0.1, 0.15) is 5.65 Å². The van der Waals surface area contributed by atoms with Gasteiger partial charge in [0, 0.05) is 58.4 Å². The Kier molecular flexibility index (Phi) is 3.28. The number of benzene rings is 1. The molecule has 4 heteroatoms. The summed E-state index contributed by atoms with van der Waals surface area (Å²) in [5.74, 6) is 0. The van der Waals surface area contributed by atoms with Gasteiger partial charge in [0.05, 0.1) is 5.52 Å². The molecule has 0 amide bonds. The zero-order chi connectivity index (χ0) is 17.5. The number of fused-ring (bicyclic) bond motifs is 2. The molecule has 0 bridgehead atoms. The van der Waals surface area contributed by atoms with E-state index in [4.69, 9.17) is 0 Å². The van der Waals surface area contributed by atoms with E-state index < -0.39 is 0 Å². The molecule has 124 valence electrons. The standard InChI is InChI=1S/C22H16N4/c1-14-6-8-23-12-19(14)17-10-18-20(13-26-22(18)25-11-17)15-4-5-21-16(9-15)3-2-7-24-21/h2-13H,1H3,(H,25,26). The molecule has 5 rings (SSSR count). The van der Waals surface area contributed by atoms with Crippen molar-refractivity contribution in [3.8, 4) is 22.3 Å². The molecule has 0 saturated heterocycles. The average molecular weight is 336 g/mol. The Balaban J connectivity index is 1.70. The van der Waals surface area contributed by atoms with E-state index >= 15 is 0 Å². The van der Waals surface area contributed by atoms with Gasteiger partial charge in [0.15, 0.2) is 0 Å². The van der Waals surface area contributed by atoms with Gasteiger partial charge in [-0.05, 0) is 48.4 Å². The van der Waals surface area contributed by atoms with Crippen LogP contribution in [0.5, 0.6) is 0 Å². The molecular weight excluding hydrogens is 320 g/mol. The number of rotatable bonds is 2. The smallest absolute Gasteiger partial charge is 0.137 e. The van der Waals surface area contributed by atoms with Crippen LogP contribution in [-0.4, -0.2) is 19.9 Å². The van der Waals surface area contributed by atoms with Crippen LogP contribution in [0.25, 0.3) is 44.2 Å². The maximum absolute atomic E-state index is 4.61. The van der Waals surface area contributed by atoms with Crippen LogP contribution in [0.2, 0.25) is 0 Å². The Morgan fingerprint density at radius 1 is 0.846 bits per heavy atom. The lowest BCUT2D eigenvalue weighted by molar-refractivity contribution is 1.27. The second-order valence-corrected chi connectivity index (χ2v) is 6.42. The SMILES string of the molecule is Cc1ccncc1-c1cnc2[nH]cc(-c3ccc4ncccc4c3)c2c1. The highest BCUT2D eigenvalue weighted by atomic mass is 14.8. The fourth-order valence-corrected chi connectivity index (χ4v) is 3.40. The van der Waals surface area contributed by atoms with Gasteiger partial charge in [0.25, 0.3) is 0 Å². The molecule has 0 aliphatic heterocycles. The predicted octanol–water partition coefficient (Wildman–Crippen LogP) is 5.15. The zero-order valence-corrected chi connectivity index (χ0v) is 14.3. The van der Waals surface area contributed by atoms with Gasteiger partial charge in [-0.25, -0.2) is 4.98 Å². The predicted molar refractivity (Wildman–Crippen MR) is 105 cm³/mol. The lowest BCUT2D eigenvalue weighted by Crippen LogP contribution is -1.87. The molecule has 26 heavy (non-hydrogen) atoms. The van der Waals surface area contributed by atoms with Crippen molar-refractivity contribution >= 4 is 21.9 Å². The molecule has 0 fully saturated rings. The number of nitrogens with zero attached hydrogens (tertiary/aromatic N) is 3. The minimum Gasteiger partial charge on any atom is -0.346 e. The van der Waals surface area contributed by atoms with E-state index in [1.54, 1.807) is 0 Å². The molecular formula is C22H16N4. The first-order valence-corrected chi connectivity index (χ1v) is 8.53. The summed E-state index contributed by atoms with van der Waals surface area (Å²) in [6, 6.07) is 14.6. The van der Waals surface area contributed by atoms with Crippen molar-refractivity contribution in [3.05, 3.63) is 79.0 Å². The Morgan fingerprint density at radius 2 is 1.81 bits per heavy atom. The number of aromatic amines is 1. The maximum atomic E-state index is 4.61. The van der Waals surface area contributed by atoms with Gasteiger partial charge in [-0.1, -0.05) is 12.1 Å². The number of hydrogen-bond acceptors (Lipinski definition) is 3. The van der Waals surface area contributed by atoms with Gasteiger partial charge in [-0.3, -0.25) is 9.97 Å². The number of H-pyrrole nitrogens is 1.